The number of likely N-dealkylation sites (tertiary alicyclic amines) is 1. The lowest BCUT2D eigenvalue weighted by molar-refractivity contribution is -0.131. The highest BCUT2D eigenvalue weighted by molar-refractivity contribution is 5.79. The van der Waals surface area contributed by atoms with Crippen molar-refractivity contribution in [2.75, 3.05) is 6.54 Å². The largest absolute Gasteiger partial charge is 0.337 e. The summed E-state index contributed by atoms with van der Waals surface area (Å²) in [7, 11) is 0. The van der Waals surface area contributed by atoms with Crippen LogP contribution in [0.3, 0.4) is 0 Å². The zero-order chi connectivity index (χ0) is 14.4. The second-order valence-electron chi connectivity index (χ2n) is 5.57. The maximum absolute atomic E-state index is 11.9. The number of pyridine rings is 1. The number of carbonyl (C=O) groups is 1. The quantitative estimate of drug-likeness (QED) is 0.777. The van der Waals surface area contributed by atoms with Crippen LogP contribution in [0.2, 0.25) is 0 Å². The van der Waals surface area contributed by atoms with Gasteiger partial charge >= 0.3 is 0 Å². The molecule has 2 atom stereocenters. The van der Waals surface area contributed by atoms with E-state index in [9.17, 15) is 4.79 Å². The smallest absolute Gasteiger partial charge is 0.223 e. The Morgan fingerprint density at radius 2 is 2.20 bits per heavy atom. The lowest BCUT2D eigenvalue weighted by Gasteiger charge is -2.30. The Kier molecular flexibility index (Phi) is 5.53. The molecule has 1 fully saturated rings. The summed E-state index contributed by atoms with van der Waals surface area (Å²) in [4.78, 5) is 18.1. The Morgan fingerprint density at radius 1 is 1.45 bits per heavy atom. The maximum Gasteiger partial charge on any atom is 0.223 e. The minimum atomic E-state index is 0.332. The molecule has 1 saturated heterocycles. The van der Waals surface area contributed by atoms with Crippen LogP contribution in [-0.2, 0) is 11.3 Å². The molecule has 1 aliphatic rings. The maximum atomic E-state index is 11.9. The number of hydrogen-bond acceptors (Lipinski definition) is 3. The topological polar surface area (TPSA) is 45.2 Å². The second-order valence-corrected chi connectivity index (χ2v) is 5.57. The van der Waals surface area contributed by atoms with Crippen molar-refractivity contribution in [2.45, 2.75) is 58.2 Å². The van der Waals surface area contributed by atoms with E-state index in [2.05, 4.69) is 29.0 Å². The van der Waals surface area contributed by atoms with Crippen LogP contribution in [0.25, 0.3) is 0 Å². The fourth-order valence-electron chi connectivity index (χ4n) is 2.85. The van der Waals surface area contributed by atoms with Gasteiger partial charge in [-0.3, -0.25) is 9.78 Å². The summed E-state index contributed by atoms with van der Waals surface area (Å²) >= 11 is 0. The van der Waals surface area contributed by atoms with E-state index in [1.165, 1.54) is 5.56 Å². The first kappa shape index (κ1) is 15.0. The monoisotopic (exact) mass is 275 g/mol. The normalized spacial score (nSPS) is 20.4. The Morgan fingerprint density at radius 3 is 2.90 bits per heavy atom. The fourth-order valence-corrected chi connectivity index (χ4v) is 2.85. The van der Waals surface area contributed by atoms with Crippen LogP contribution in [0.5, 0.6) is 0 Å². The molecule has 20 heavy (non-hydrogen) atoms. The van der Waals surface area contributed by atoms with E-state index in [1.54, 1.807) is 0 Å². The lowest BCUT2D eigenvalue weighted by Crippen LogP contribution is -2.41. The average Bonchev–Trinajstić information content (AvgIpc) is 2.85. The molecule has 4 nitrogen and oxygen atoms in total. The zero-order valence-electron chi connectivity index (χ0n) is 12.5. The first-order valence-electron chi connectivity index (χ1n) is 7.63. The summed E-state index contributed by atoms with van der Waals surface area (Å²) in [6.45, 7) is 6.12. The molecule has 2 rings (SSSR count). The summed E-state index contributed by atoms with van der Waals surface area (Å²) in [6, 6.07) is 4.84. The second kappa shape index (κ2) is 7.39. The van der Waals surface area contributed by atoms with Crippen LogP contribution >= 0.6 is 0 Å². The van der Waals surface area contributed by atoms with Gasteiger partial charge in [0.05, 0.1) is 0 Å². The summed E-state index contributed by atoms with van der Waals surface area (Å²) < 4.78 is 0. The Balaban J connectivity index is 1.74. The number of nitrogens with one attached hydrogen (secondary N) is 1. The highest BCUT2D eigenvalue weighted by Crippen LogP contribution is 2.24. The first-order chi connectivity index (χ1) is 9.72. The van der Waals surface area contributed by atoms with Gasteiger partial charge in [-0.1, -0.05) is 6.92 Å². The molecular formula is C16H25N3O. The van der Waals surface area contributed by atoms with Crippen molar-refractivity contribution in [1.82, 2.24) is 15.2 Å². The molecular weight excluding hydrogens is 250 g/mol. The summed E-state index contributed by atoms with van der Waals surface area (Å²) in [5.74, 6) is 0.332. The Labute approximate surface area is 121 Å². The number of amides is 1. The van der Waals surface area contributed by atoms with Crippen molar-refractivity contribution in [3.63, 3.8) is 0 Å². The average molecular weight is 275 g/mol. The van der Waals surface area contributed by atoms with Gasteiger partial charge in [0.1, 0.15) is 0 Å². The van der Waals surface area contributed by atoms with Gasteiger partial charge < -0.3 is 10.2 Å². The third kappa shape index (κ3) is 3.79. The summed E-state index contributed by atoms with van der Waals surface area (Å²) in [6.07, 6.45) is 7.45. The van der Waals surface area contributed by atoms with E-state index >= 15 is 0 Å². The lowest BCUT2D eigenvalue weighted by atomic mass is 10.1. The van der Waals surface area contributed by atoms with Crippen LogP contribution in [0.15, 0.2) is 24.5 Å². The number of aromatic nitrogens is 1. The molecule has 1 aromatic heterocycles. The molecule has 1 amide bonds. The molecule has 0 unspecified atom stereocenters. The van der Waals surface area contributed by atoms with Crippen molar-refractivity contribution in [3.8, 4) is 0 Å². The van der Waals surface area contributed by atoms with Gasteiger partial charge in [-0.25, -0.2) is 0 Å². The molecule has 0 radical (unpaired) electrons. The van der Waals surface area contributed by atoms with E-state index in [1.807, 2.05) is 24.5 Å². The number of carbonyl (C=O) groups excluding carboxylic acids is 1. The van der Waals surface area contributed by atoms with Gasteiger partial charge in [-0.15, -0.1) is 0 Å². The van der Waals surface area contributed by atoms with Crippen molar-refractivity contribution >= 4 is 5.91 Å². The van der Waals surface area contributed by atoms with E-state index < -0.39 is 0 Å². The summed E-state index contributed by atoms with van der Waals surface area (Å²) in [5, 5.41) is 3.46. The minimum absolute atomic E-state index is 0.332. The molecule has 0 saturated carbocycles. The summed E-state index contributed by atoms with van der Waals surface area (Å²) in [5.41, 5.74) is 1.25. The minimum Gasteiger partial charge on any atom is -0.337 e. The van der Waals surface area contributed by atoms with E-state index in [0.29, 0.717) is 18.0 Å². The number of nitrogens with zero attached hydrogens (tertiary/aromatic N) is 2. The van der Waals surface area contributed by atoms with Crippen LogP contribution in [0.1, 0.15) is 45.1 Å². The van der Waals surface area contributed by atoms with Crippen LogP contribution in [0.4, 0.5) is 0 Å². The highest BCUT2D eigenvalue weighted by Gasteiger charge is 2.32. The predicted molar refractivity (Wildman–Crippen MR) is 80.2 cm³/mol. The van der Waals surface area contributed by atoms with E-state index in [0.717, 1.165) is 38.8 Å². The van der Waals surface area contributed by atoms with E-state index in [4.69, 9.17) is 0 Å². The first-order valence-corrected chi connectivity index (χ1v) is 7.63. The molecule has 0 spiro atoms. The Bertz CT molecular complexity index is 421. The van der Waals surface area contributed by atoms with Gasteiger partial charge in [-0.2, -0.15) is 0 Å². The van der Waals surface area contributed by atoms with Crippen molar-refractivity contribution in [1.29, 1.82) is 0 Å². The SMILES string of the molecule is CC[C@@H](C)N1C(=O)CC[C@H]1CCNCc1ccncc1. The van der Waals surface area contributed by atoms with E-state index in [-0.39, 0.29) is 0 Å². The van der Waals surface area contributed by atoms with Crippen LogP contribution < -0.4 is 5.32 Å². The van der Waals surface area contributed by atoms with Gasteiger partial charge in [0, 0.05) is 37.4 Å². The molecule has 1 aliphatic heterocycles. The molecule has 4 heteroatoms. The third-order valence-corrected chi connectivity index (χ3v) is 4.17. The van der Waals surface area contributed by atoms with Crippen LogP contribution in [-0.4, -0.2) is 34.4 Å². The molecule has 1 aromatic rings. The van der Waals surface area contributed by atoms with Gasteiger partial charge in [0.2, 0.25) is 5.91 Å². The van der Waals surface area contributed by atoms with Crippen molar-refractivity contribution in [3.05, 3.63) is 30.1 Å². The predicted octanol–water partition coefficient (Wildman–Crippen LogP) is 2.35. The number of rotatable bonds is 7. The molecule has 1 N–H and O–H groups in total. The van der Waals surface area contributed by atoms with Gasteiger partial charge in [-0.05, 0) is 50.4 Å². The molecule has 0 aliphatic carbocycles. The fraction of sp³-hybridized carbons (Fsp3) is 0.625. The van der Waals surface area contributed by atoms with Crippen molar-refractivity contribution < 1.29 is 4.79 Å². The molecule has 110 valence electrons. The number of hydrogen-bond donors (Lipinski definition) is 1. The third-order valence-electron chi connectivity index (χ3n) is 4.17. The zero-order valence-corrected chi connectivity index (χ0v) is 12.5. The molecule has 0 bridgehead atoms. The standard InChI is InChI=1S/C16H25N3O/c1-3-13(2)19-15(4-5-16(19)20)8-11-18-12-14-6-9-17-10-7-14/h6-7,9-10,13,15,18H,3-5,8,11-12H2,1-2H3/t13-,15+/m1/s1. The molecule has 2 heterocycles. The van der Waals surface area contributed by atoms with Crippen molar-refractivity contribution in [2.24, 2.45) is 0 Å². The van der Waals surface area contributed by atoms with Gasteiger partial charge in [0.25, 0.3) is 0 Å². The molecule has 0 aromatic carbocycles. The highest BCUT2D eigenvalue weighted by atomic mass is 16.2. The van der Waals surface area contributed by atoms with Gasteiger partial charge in [0.15, 0.2) is 0 Å². The Hall–Kier alpha value is -1.42. The van der Waals surface area contributed by atoms with Crippen LogP contribution in [0, 0.1) is 0 Å².